The maximum atomic E-state index is 5.59. The second kappa shape index (κ2) is 5.89. The molecule has 0 bridgehead atoms. The minimum atomic E-state index is 0.530. The van der Waals surface area contributed by atoms with Crippen molar-refractivity contribution in [1.82, 2.24) is 5.43 Å². The molecule has 0 amide bonds. The van der Waals surface area contributed by atoms with Crippen LogP contribution in [0.2, 0.25) is 0 Å². The van der Waals surface area contributed by atoms with Crippen molar-refractivity contribution in [3.8, 4) is 0 Å². The summed E-state index contributed by atoms with van der Waals surface area (Å²) in [7, 11) is 0. The third kappa shape index (κ3) is 3.49. The third-order valence-corrected chi connectivity index (χ3v) is 4.50. The van der Waals surface area contributed by atoms with Crippen LogP contribution >= 0.6 is 11.8 Å². The highest BCUT2D eigenvalue weighted by atomic mass is 32.2. The van der Waals surface area contributed by atoms with Crippen LogP contribution in [-0.2, 0) is 0 Å². The van der Waals surface area contributed by atoms with Crippen LogP contribution < -0.4 is 11.3 Å². The maximum absolute atomic E-state index is 5.59. The first-order valence-corrected chi connectivity index (χ1v) is 6.40. The van der Waals surface area contributed by atoms with E-state index in [4.69, 9.17) is 5.84 Å². The molecule has 1 aliphatic rings. The minimum absolute atomic E-state index is 0.530. The fourth-order valence-electron chi connectivity index (χ4n) is 1.85. The maximum Gasteiger partial charge on any atom is 0.0331 e. The van der Waals surface area contributed by atoms with E-state index in [9.17, 15) is 0 Å². The van der Waals surface area contributed by atoms with Crippen molar-refractivity contribution < 1.29 is 0 Å². The van der Waals surface area contributed by atoms with Crippen LogP contribution in [0.25, 0.3) is 0 Å². The third-order valence-electron chi connectivity index (χ3n) is 2.98. The average Bonchev–Trinajstić information content (AvgIpc) is 2.66. The van der Waals surface area contributed by atoms with Crippen molar-refractivity contribution in [2.75, 3.05) is 5.75 Å². The molecule has 1 fully saturated rings. The predicted octanol–water partition coefficient (Wildman–Crippen LogP) is 2.15. The molecule has 0 radical (unpaired) electrons. The van der Waals surface area contributed by atoms with E-state index < -0.39 is 0 Å². The van der Waals surface area contributed by atoms with Gasteiger partial charge in [-0.3, -0.25) is 11.3 Å². The molecule has 13 heavy (non-hydrogen) atoms. The summed E-state index contributed by atoms with van der Waals surface area (Å²) in [6, 6.07) is 0.530. The molecule has 1 aliphatic heterocycles. The van der Waals surface area contributed by atoms with Gasteiger partial charge in [-0.05, 0) is 30.9 Å². The Bertz CT molecular complexity index is 135. The lowest BCUT2D eigenvalue weighted by Crippen LogP contribution is -2.42. The van der Waals surface area contributed by atoms with Crippen LogP contribution in [0.3, 0.4) is 0 Å². The van der Waals surface area contributed by atoms with Gasteiger partial charge in [-0.2, -0.15) is 11.8 Å². The molecule has 1 rings (SSSR count). The van der Waals surface area contributed by atoms with E-state index in [1.807, 2.05) is 0 Å². The van der Waals surface area contributed by atoms with Gasteiger partial charge in [-0.25, -0.2) is 0 Å². The number of nitrogens with two attached hydrogens (primary N) is 1. The van der Waals surface area contributed by atoms with Crippen molar-refractivity contribution in [2.45, 2.75) is 50.8 Å². The standard InChI is InChI=1S/C10H22N2S/c1-3-8(2)7-9(12-11)10-5-4-6-13-10/h8-10,12H,3-7,11H2,1-2H3. The van der Waals surface area contributed by atoms with E-state index in [0.29, 0.717) is 6.04 Å². The Hall–Kier alpha value is 0.270. The van der Waals surface area contributed by atoms with E-state index in [1.165, 1.54) is 31.4 Å². The highest BCUT2D eigenvalue weighted by Gasteiger charge is 2.25. The fourth-order valence-corrected chi connectivity index (χ4v) is 3.24. The predicted molar refractivity (Wildman–Crippen MR) is 60.7 cm³/mol. The van der Waals surface area contributed by atoms with Gasteiger partial charge in [-0.1, -0.05) is 20.3 Å². The number of hydrazine groups is 1. The van der Waals surface area contributed by atoms with Crippen molar-refractivity contribution >= 4 is 11.8 Å². The molecule has 1 heterocycles. The number of hydrogen-bond acceptors (Lipinski definition) is 3. The molecule has 0 aromatic heterocycles. The van der Waals surface area contributed by atoms with E-state index >= 15 is 0 Å². The van der Waals surface area contributed by atoms with Crippen molar-refractivity contribution in [3.05, 3.63) is 0 Å². The van der Waals surface area contributed by atoms with E-state index in [0.717, 1.165) is 11.2 Å². The summed E-state index contributed by atoms with van der Waals surface area (Å²) < 4.78 is 0. The monoisotopic (exact) mass is 202 g/mol. The molecule has 1 saturated heterocycles. The zero-order chi connectivity index (χ0) is 9.68. The molecule has 0 saturated carbocycles. The summed E-state index contributed by atoms with van der Waals surface area (Å²) in [5.41, 5.74) is 2.99. The Morgan fingerprint density at radius 3 is 2.85 bits per heavy atom. The highest BCUT2D eigenvalue weighted by molar-refractivity contribution is 8.00. The Morgan fingerprint density at radius 2 is 2.38 bits per heavy atom. The minimum Gasteiger partial charge on any atom is -0.271 e. The zero-order valence-electron chi connectivity index (χ0n) is 8.75. The molecular weight excluding hydrogens is 180 g/mol. The summed E-state index contributed by atoms with van der Waals surface area (Å²) in [4.78, 5) is 0. The van der Waals surface area contributed by atoms with Crippen LogP contribution in [0.5, 0.6) is 0 Å². The van der Waals surface area contributed by atoms with Gasteiger partial charge < -0.3 is 0 Å². The van der Waals surface area contributed by atoms with Gasteiger partial charge in [0.1, 0.15) is 0 Å². The first kappa shape index (κ1) is 11.3. The quantitative estimate of drug-likeness (QED) is 0.530. The number of rotatable bonds is 5. The number of thioether (sulfide) groups is 1. The smallest absolute Gasteiger partial charge is 0.0331 e. The number of hydrogen-bond donors (Lipinski definition) is 2. The summed E-state index contributed by atoms with van der Waals surface area (Å²) in [6.07, 6.45) is 5.20. The molecule has 0 spiro atoms. The molecule has 0 aromatic carbocycles. The molecular formula is C10H22N2S. The Kier molecular flexibility index (Phi) is 5.14. The molecule has 0 aromatic rings. The molecule has 3 unspecified atom stereocenters. The average molecular weight is 202 g/mol. The van der Waals surface area contributed by atoms with Crippen LogP contribution in [-0.4, -0.2) is 17.0 Å². The van der Waals surface area contributed by atoms with Crippen LogP contribution in [0.4, 0.5) is 0 Å². The van der Waals surface area contributed by atoms with Gasteiger partial charge in [0.15, 0.2) is 0 Å². The SMILES string of the molecule is CCC(C)CC(NN)C1CCCS1. The van der Waals surface area contributed by atoms with E-state index in [2.05, 4.69) is 31.0 Å². The Morgan fingerprint density at radius 1 is 1.62 bits per heavy atom. The van der Waals surface area contributed by atoms with Crippen LogP contribution in [0.15, 0.2) is 0 Å². The lowest BCUT2D eigenvalue weighted by molar-refractivity contribution is 0.386. The second-order valence-corrected chi connectivity index (χ2v) is 5.42. The van der Waals surface area contributed by atoms with Crippen LogP contribution in [0, 0.1) is 5.92 Å². The summed E-state index contributed by atoms with van der Waals surface area (Å²) in [5, 5.41) is 0.763. The Balaban J connectivity index is 2.32. The van der Waals surface area contributed by atoms with Gasteiger partial charge in [0.25, 0.3) is 0 Å². The van der Waals surface area contributed by atoms with E-state index in [1.54, 1.807) is 0 Å². The Labute approximate surface area is 86.0 Å². The van der Waals surface area contributed by atoms with Gasteiger partial charge in [0.2, 0.25) is 0 Å². The normalized spacial score (nSPS) is 27.5. The largest absolute Gasteiger partial charge is 0.271 e. The summed E-state index contributed by atoms with van der Waals surface area (Å²) in [5.74, 6) is 7.71. The molecule has 78 valence electrons. The molecule has 3 heteroatoms. The van der Waals surface area contributed by atoms with Gasteiger partial charge >= 0.3 is 0 Å². The highest BCUT2D eigenvalue weighted by Crippen LogP contribution is 2.31. The van der Waals surface area contributed by atoms with Crippen molar-refractivity contribution in [3.63, 3.8) is 0 Å². The second-order valence-electron chi connectivity index (χ2n) is 4.07. The van der Waals surface area contributed by atoms with Gasteiger partial charge in [0.05, 0.1) is 0 Å². The first-order chi connectivity index (χ1) is 6.27. The topological polar surface area (TPSA) is 38.0 Å². The summed E-state index contributed by atoms with van der Waals surface area (Å²) >= 11 is 2.09. The van der Waals surface area contributed by atoms with Gasteiger partial charge in [-0.15, -0.1) is 0 Å². The first-order valence-electron chi connectivity index (χ1n) is 5.35. The fraction of sp³-hybridized carbons (Fsp3) is 1.00. The zero-order valence-corrected chi connectivity index (χ0v) is 9.57. The van der Waals surface area contributed by atoms with Crippen LogP contribution in [0.1, 0.15) is 39.5 Å². The molecule has 3 atom stereocenters. The molecule has 3 N–H and O–H groups in total. The lowest BCUT2D eigenvalue weighted by Gasteiger charge is -2.24. The lowest BCUT2D eigenvalue weighted by atomic mass is 9.96. The summed E-state index contributed by atoms with van der Waals surface area (Å²) in [6.45, 7) is 4.56. The van der Waals surface area contributed by atoms with Gasteiger partial charge in [0, 0.05) is 11.3 Å². The number of nitrogens with one attached hydrogen (secondary N) is 1. The van der Waals surface area contributed by atoms with E-state index in [-0.39, 0.29) is 0 Å². The van der Waals surface area contributed by atoms with Crippen molar-refractivity contribution in [2.24, 2.45) is 11.8 Å². The molecule has 2 nitrogen and oxygen atoms in total. The molecule has 0 aliphatic carbocycles. The van der Waals surface area contributed by atoms with Crippen molar-refractivity contribution in [1.29, 1.82) is 0 Å².